The van der Waals surface area contributed by atoms with Gasteiger partial charge in [-0.2, -0.15) is 0 Å². The molecule has 146 valence electrons. The average molecular weight is 410 g/mol. The molecule has 1 heterocycles. The minimum absolute atomic E-state index is 0.117. The van der Waals surface area contributed by atoms with Crippen molar-refractivity contribution in [3.63, 3.8) is 0 Å². The van der Waals surface area contributed by atoms with E-state index in [9.17, 15) is 21.9 Å². The van der Waals surface area contributed by atoms with E-state index in [1.165, 1.54) is 0 Å². The molecule has 1 aliphatic heterocycles. The second-order valence-electron chi connectivity index (χ2n) is 7.05. The summed E-state index contributed by atoms with van der Waals surface area (Å²) in [5.41, 5.74) is 2.71. The van der Waals surface area contributed by atoms with E-state index in [-0.39, 0.29) is 4.90 Å². The Morgan fingerprint density at radius 3 is 2.11 bits per heavy atom. The Labute approximate surface area is 160 Å². The summed E-state index contributed by atoms with van der Waals surface area (Å²) < 4.78 is 52.3. The summed E-state index contributed by atoms with van der Waals surface area (Å²) in [5, 5.41) is 10.3. The molecule has 0 aliphatic carbocycles. The summed E-state index contributed by atoms with van der Waals surface area (Å²) in [4.78, 5) is 0.117. The van der Waals surface area contributed by atoms with Crippen LogP contribution >= 0.6 is 0 Å². The van der Waals surface area contributed by atoms with Gasteiger partial charge in [-0.05, 0) is 55.7 Å². The number of aliphatic hydroxyl groups excluding tert-OH is 1. The number of anilines is 1. The van der Waals surface area contributed by atoms with Crippen molar-refractivity contribution in [3.8, 4) is 0 Å². The molecule has 1 aliphatic rings. The first-order valence-corrected chi connectivity index (χ1v) is 11.8. The lowest BCUT2D eigenvalue weighted by Gasteiger charge is -2.32. The second-order valence-corrected chi connectivity index (χ2v) is 11.0. The summed E-state index contributed by atoms with van der Waals surface area (Å²) in [5.74, 6) is -0.853. The predicted molar refractivity (Wildman–Crippen MR) is 105 cm³/mol. The highest BCUT2D eigenvalue weighted by Crippen LogP contribution is 2.33. The lowest BCUT2D eigenvalue weighted by molar-refractivity contribution is 0.184. The summed E-state index contributed by atoms with van der Waals surface area (Å²) in [6.45, 7) is 5.45. The topological polar surface area (TPSA) is 91.8 Å². The summed E-state index contributed by atoms with van der Waals surface area (Å²) in [6.07, 6.45) is -1.28. The van der Waals surface area contributed by atoms with Gasteiger partial charge in [0.2, 0.25) is 0 Å². The van der Waals surface area contributed by atoms with Gasteiger partial charge in [0.25, 0.3) is 10.0 Å². The van der Waals surface area contributed by atoms with Crippen LogP contribution in [-0.4, -0.2) is 45.6 Å². The Bertz CT molecular complexity index is 1060. The van der Waals surface area contributed by atoms with E-state index in [1.807, 2.05) is 13.8 Å². The van der Waals surface area contributed by atoms with Gasteiger partial charge in [0.05, 0.1) is 34.2 Å². The van der Waals surface area contributed by atoms with Crippen molar-refractivity contribution in [1.29, 1.82) is 0 Å². The van der Waals surface area contributed by atoms with Crippen molar-refractivity contribution in [2.75, 3.05) is 15.8 Å². The molecule has 0 radical (unpaired) electrons. The fraction of sp³-hybridized carbons (Fsp3) is 0.368. The number of sulfonamides is 1. The number of nitrogens with zero attached hydrogens (tertiary/aromatic N) is 1. The van der Waals surface area contributed by atoms with E-state index < -0.39 is 43.5 Å². The van der Waals surface area contributed by atoms with Crippen LogP contribution in [0.4, 0.5) is 5.69 Å². The van der Waals surface area contributed by atoms with E-state index in [0.29, 0.717) is 11.3 Å². The molecule has 8 heteroatoms. The number of sulfone groups is 1. The van der Waals surface area contributed by atoms with Gasteiger partial charge in [-0.15, -0.1) is 0 Å². The highest BCUT2D eigenvalue weighted by Gasteiger charge is 2.45. The molecule has 0 aromatic heterocycles. The van der Waals surface area contributed by atoms with Gasteiger partial charge < -0.3 is 5.11 Å². The molecule has 0 amide bonds. The van der Waals surface area contributed by atoms with Crippen molar-refractivity contribution < 1.29 is 21.9 Å². The van der Waals surface area contributed by atoms with E-state index >= 15 is 0 Å². The maximum absolute atomic E-state index is 13.6. The first-order valence-electron chi connectivity index (χ1n) is 8.59. The van der Waals surface area contributed by atoms with Gasteiger partial charge in [0.15, 0.2) is 9.84 Å². The quantitative estimate of drug-likeness (QED) is 0.834. The maximum Gasteiger partial charge on any atom is 0.264 e. The highest BCUT2D eigenvalue weighted by molar-refractivity contribution is 7.93. The van der Waals surface area contributed by atoms with Crippen LogP contribution in [0, 0.1) is 20.8 Å². The number of hydrogen-bond acceptors (Lipinski definition) is 5. The second kappa shape index (κ2) is 6.92. The van der Waals surface area contributed by atoms with E-state index in [4.69, 9.17) is 0 Å². The van der Waals surface area contributed by atoms with Crippen LogP contribution in [0.5, 0.6) is 0 Å². The number of rotatable bonds is 4. The van der Waals surface area contributed by atoms with Gasteiger partial charge in [0.1, 0.15) is 0 Å². The predicted octanol–water partition coefficient (Wildman–Crippen LogP) is 1.97. The van der Waals surface area contributed by atoms with Crippen molar-refractivity contribution in [2.45, 2.75) is 37.8 Å². The minimum atomic E-state index is -4.08. The number of aryl methyl sites for hydroxylation is 3. The molecule has 2 aromatic carbocycles. The molecule has 1 saturated heterocycles. The Hall–Kier alpha value is -1.90. The van der Waals surface area contributed by atoms with Gasteiger partial charge in [-0.25, -0.2) is 16.8 Å². The van der Waals surface area contributed by atoms with E-state index in [2.05, 4.69) is 0 Å². The minimum Gasteiger partial charge on any atom is -0.390 e. The Balaban J connectivity index is 2.21. The highest BCUT2D eigenvalue weighted by atomic mass is 32.2. The van der Waals surface area contributed by atoms with Crippen LogP contribution in [0.25, 0.3) is 0 Å². The Kier molecular flexibility index (Phi) is 5.09. The van der Waals surface area contributed by atoms with Crippen LogP contribution in [0.15, 0.2) is 47.4 Å². The molecule has 3 rings (SSSR count). The molecule has 0 unspecified atom stereocenters. The Morgan fingerprint density at radius 1 is 0.963 bits per heavy atom. The molecule has 1 N–H and O–H groups in total. The average Bonchev–Trinajstić information content (AvgIpc) is 2.84. The van der Waals surface area contributed by atoms with Crippen molar-refractivity contribution in [2.24, 2.45) is 0 Å². The largest absolute Gasteiger partial charge is 0.390 e. The smallest absolute Gasteiger partial charge is 0.264 e. The molecule has 0 bridgehead atoms. The molecule has 0 spiro atoms. The van der Waals surface area contributed by atoms with Gasteiger partial charge in [-0.1, -0.05) is 24.3 Å². The summed E-state index contributed by atoms with van der Waals surface area (Å²) in [7, 11) is -7.60. The molecule has 2 atom stereocenters. The third-order valence-electron chi connectivity index (χ3n) is 4.93. The molecule has 0 saturated carbocycles. The zero-order chi connectivity index (χ0) is 20.0. The first-order chi connectivity index (χ1) is 12.5. The van der Waals surface area contributed by atoms with Gasteiger partial charge in [-0.3, -0.25) is 4.31 Å². The van der Waals surface area contributed by atoms with Crippen LogP contribution in [-0.2, 0) is 19.9 Å². The molecular formula is C19H23NO5S2. The third-order valence-corrected chi connectivity index (χ3v) is 8.63. The lowest BCUT2D eigenvalue weighted by atomic mass is 10.1. The Morgan fingerprint density at radius 2 is 1.56 bits per heavy atom. The van der Waals surface area contributed by atoms with Crippen LogP contribution in [0.3, 0.4) is 0 Å². The molecule has 6 nitrogen and oxygen atoms in total. The van der Waals surface area contributed by atoms with Crippen molar-refractivity contribution >= 4 is 25.5 Å². The summed E-state index contributed by atoms with van der Waals surface area (Å²) in [6, 6.07) is 10.7. The van der Waals surface area contributed by atoms with Crippen molar-refractivity contribution in [1.82, 2.24) is 0 Å². The monoisotopic (exact) mass is 409 g/mol. The summed E-state index contributed by atoms with van der Waals surface area (Å²) >= 11 is 0. The lowest BCUT2D eigenvalue weighted by Crippen LogP contribution is -2.47. The normalized spacial score (nSPS) is 21.9. The van der Waals surface area contributed by atoms with Crippen LogP contribution in [0.1, 0.15) is 16.7 Å². The number of para-hydroxylation sites is 1. The first kappa shape index (κ1) is 19.9. The third kappa shape index (κ3) is 3.74. The number of aliphatic hydroxyl groups is 1. The zero-order valence-corrected chi connectivity index (χ0v) is 17.1. The van der Waals surface area contributed by atoms with Crippen molar-refractivity contribution in [3.05, 3.63) is 59.2 Å². The molecule has 1 fully saturated rings. The van der Waals surface area contributed by atoms with E-state index in [1.54, 1.807) is 49.4 Å². The maximum atomic E-state index is 13.6. The van der Waals surface area contributed by atoms with Crippen LogP contribution in [0.2, 0.25) is 0 Å². The fourth-order valence-electron chi connectivity index (χ4n) is 3.44. The van der Waals surface area contributed by atoms with Crippen LogP contribution < -0.4 is 4.31 Å². The number of hydrogen-bond donors (Lipinski definition) is 1. The SMILES string of the molecule is Cc1cc(C)c(S(=O)(=O)N(c2ccccc2)[C@@H]2CS(=O)(=O)C[C@@H]2O)cc1C. The van der Waals surface area contributed by atoms with E-state index in [0.717, 1.165) is 15.4 Å². The molecular weight excluding hydrogens is 386 g/mol. The van der Waals surface area contributed by atoms with Gasteiger partial charge in [0, 0.05) is 0 Å². The molecule has 2 aromatic rings. The zero-order valence-electron chi connectivity index (χ0n) is 15.5. The molecule has 27 heavy (non-hydrogen) atoms. The standard InChI is InChI=1S/C19H23NO5S2/c1-13-9-15(3)19(10-14(13)2)27(24,25)20(16-7-5-4-6-8-16)17-11-26(22,23)12-18(17)21/h4-10,17-18,21H,11-12H2,1-3H3/t17-,18+/m1/s1. The fourth-order valence-corrected chi connectivity index (χ4v) is 7.27. The van der Waals surface area contributed by atoms with Gasteiger partial charge >= 0.3 is 0 Å². The number of benzene rings is 2.